The van der Waals surface area contributed by atoms with Crippen molar-refractivity contribution in [3.05, 3.63) is 101 Å². The average molecular weight is 594 g/mol. The monoisotopic (exact) mass is 593 g/mol. The van der Waals surface area contributed by atoms with E-state index < -0.39 is 0 Å². The number of ether oxygens (including phenoxy) is 2. The van der Waals surface area contributed by atoms with Crippen molar-refractivity contribution < 1.29 is 14.3 Å². The fraction of sp³-hybridized carbons (Fsp3) is 0.125. The van der Waals surface area contributed by atoms with Gasteiger partial charge in [-0.25, -0.2) is 0 Å². The number of benzene rings is 3. The molecule has 6 aromatic rings. The van der Waals surface area contributed by atoms with E-state index in [0.717, 1.165) is 37.9 Å². The third-order valence-electron chi connectivity index (χ3n) is 7.03. The van der Waals surface area contributed by atoms with E-state index in [1.54, 1.807) is 6.20 Å². The lowest BCUT2D eigenvalue weighted by molar-refractivity contribution is 0.0306. The summed E-state index contributed by atoms with van der Waals surface area (Å²) >= 11 is 7.48. The fourth-order valence-corrected chi connectivity index (χ4v) is 6.07. The van der Waals surface area contributed by atoms with Crippen LogP contribution in [0.1, 0.15) is 9.67 Å². The van der Waals surface area contributed by atoms with Gasteiger partial charge in [0, 0.05) is 52.4 Å². The third kappa shape index (κ3) is 5.25. The molecule has 8 nitrogen and oxygen atoms in total. The van der Waals surface area contributed by atoms with E-state index in [0.29, 0.717) is 53.5 Å². The number of morpholine rings is 1. The molecule has 1 fully saturated rings. The SMILES string of the molecule is O=C(c1cc2nccc(Oc3ccc(Nc4nnc(-c5ccc(Cl)cc5)c5ccccc45)cc3)c2s1)N1CCOCC1. The molecular weight excluding hydrogens is 570 g/mol. The first-order chi connectivity index (χ1) is 20.6. The Morgan fingerprint density at radius 3 is 2.48 bits per heavy atom. The van der Waals surface area contributed by atoms with E-state index in [1.165, 1.54) is 11.3 Å². The van der Waals surface area contributed by atoms with Gasteiger partial charge in [0.05, 0.1) is 28.3 Å². The molecule has 0 bridgehead atoms. The molecule has 208 valence electrons. The quantitative estimate of drug-likeness (QED) is 0.213. The van der Waals surface area contributed by atoms with Crippen molar-refractivity contribution in [1.82, 2.24) is 20.1 Å². The van der Waals surface area contributed by atoms with Crippen LogP contribution in [0.15, 0.2) is 91.1 Å². The number of halogens is 1. The molecule has 0 spiro atoms. The van der Waals surface area contributed by atoms with Crippen LogP contribution in [-0.4, -0.2) is 52.3 Å². The molecule has 3 aromatic heterocycles. The van der Waals surface area contributed by atoms with Crippen LogP contribution in [0.5, 0.6) is 11.5 Å². The highest BCUT2D eigenvalue weighted by atomic mass is 35.5. The molecule has 1 aliphatic rings. The molecule has 1 aliphatic heterocycles. The Balaban J connectivity index is 1.11. The molecule has 0 aliphatic carbocycles. The number of nitrogens with zero attached hydrogens (tertiary/aromatic N) is 4. The van der Waals surface area contributed by atoms with Gasteiger partial charge < -0.3 is 19.7 Å². The molecule has 1 amide bonds. The molecule has 7 rings (SSSR count). The van der Waals surface area contributed by atoms with E-state index >= 15 is 0 Å². The second-order valence-electron chi connectivity index (χ2n) is 9.74. The molecule has 4 heterocycles. The number of amides is 1. The van der Waals surface area contributed by atoms with Crippen molar-refractivity contribution in [3.8, 4) is 22.8 Å². The minimum absolute atomic E-state index is 0.000464. The standard InChI is InChI=1S/C32H24ClN5O3S/c33-21-7-5-20(6-8-21)29-24-3-1-2-4-25(24)31(37-36-29)35-22-9-11-23(12-10-22)41-27-13-14-34-26-19-28(42-30(26)27)32(39)38-15-17-40-18-16-38/h1-14,19H,15-18H2,(H,35,37). The highest BCUT2D eigenvalue weighted by molar-refractivity contribution is 7.21. The van der Waals surface area contributed by atoms with Crippen LogP contribution in [0.2, 0.25) is 5.02 Å². The Morgan fingerprint density at radius 2 is 1.69 bits per heavy atom. The van der Waals surface area contributed by atoms with Gasteiger partial charge in [-0.2, -0.15) is 0 Å². The number of nitrogens with one attached hydrogen (secondary N) is 1. The maximum absolute atomic E-state index is 13.0. The van der Waals surface area contributed by atoms with Gasteiger partial charge >= 0.3 is 0 Å². The number of aromatic nitrogens is 3. The lowest BCUT2D eigenvalue weighted by atomic mass is 10.0. The number of pyridine rings is 1. The summed E-state index contributed by atoms with van der Waals surface area (Å²) in [7, 11) is 0. The van der Waals surface area contributed by atoms with Crippen LogP contribution in [0.3, 0.4) is 0 Å². The van der Waals surface area contributed by atoms with Crippen molar-refractivity contribution >= 4 is 61.3 Å². The number of fused-ring (bicyclic) bond motifs is 2. The summed E-state index contributed by atoms with van der Waals surface area (Å²) in [6.45, 7) is 2.31. The van der Waals surface area contributed by atoms with Crippen molar-refractivity contribution in [3.63, 3.8) is 0 Å². The lowest BCUT2D eigenvalue weighted by Crippen LogP contribution is -2.40. The topological polar surface area (TPSA) is 89.5 Å². The van der Waals surface area contributed by atoms with Crippen molar-refractivity contribution in [1.29, 1.82) is 0 Å². The van der Waals surface area contributed by atoms with E-state index in [9.17, 15) is 4.79 Å². The highest BCUT2D eigenvalue weighted by Crippen LogP contribution is 2.36. The molecular formula is C32H24ClN5O3S. The summed E-state index contributed by atoms with van der Waals surface area (Å²) in [5.41, 5.74) is 3.32. The maximum Gasteiger partial charge on any atom is 0.264 e. The number of thiophene rings is 1. The first-order valence-corrected chi connectivity index (χ1v) is 14.6. The molecule has 0 atom stereocenters. The zero-order valence-corrected chi connectivity index (χ0v) is 23.9. The summed E-state index contributed by atoms with van der Waals surface area (Å²) in [5, 5.41) is 15.0. The van der Waals surface area contributed by atoms with Gasteiger partial charge in [-0.15, -0.1) is 21.5 Å². The fourth-order valence-electron chi connectivity index (χ4n) is 4.91. The van der Waals surface area contributed by atoms with Gasteiger partial charge in [-0.3, -0.25) is 9.78 Å². The average Bonchev–Trinajstić information content (AvgIpc) is 3.48. The Labute approximate surface area is 250 Å². The Kier molecular flexibility index (Phi) is 7.13. The molecule has 0 unspecified atom stereocenters. The van der Waals surface area contributed by atoms with Crippen LogP contribution in [0.25, 0.3) is 32.2 Å². The van der Waals surface area contributed by atoms with E-state index in [-0.39, 0.29) is 5.91 Å². The summed E-state index contributed by atoms with van der Waals surface area (Å²) in [6.07, 6.45) is 1.70. The predicted octanol–water partition coefficient (Wildman–Crippen LogP) is 7.57. The molecule has 1 saturated heterocycles. The largest absolute Gasteiger partial charge is 0.456 e. The first-order valence-electron chi connectivity index (χ1n) is 13.4. The molecule has 0 radical (unpaired) electrons. The lowest BCUT2D eigenvalue weighted by Gasteiger charge is -2.26. The van der Waals surface area contributed by atoms with Crippen LogP contribution < -0.4 is 10.1 Å². The van der Waals surface area contributed by atoms with Crippen molar-refractivity contribution in [2.75, 3.05) is 31.6 Å². The van der Waals surface area contributed by atoms with Gasteiger partial charge in [-0.05, 0) is 42.5 Å². The van der Waals surface area contributed by atoms with E-state index in [4.69, 9.17) is 21.1 Å². The maximum atomic E-state index is 13.0. The molecule has 1 N–H and O–H groups in total. The zero-order valence-electron chi connectivity index (χ0n) is 22.3. The second kappa shape index (κ2) is 11.4. The Hall–Kier alpha value is -4.57. The second-order valence-corrected chi connectivity index (χ2v) is 11.2. The summed E-state index contributed by atoms with van der Waals surface area (Å²) in [5.74, 6) is 1.97. The molecule has 10 heteroatoms. The number of anilines is 2. The highest BCUT2D eigenvalue weighted by Gasteiger charge is 2.22. The zero-order chi connectivity index (χ0) is 28.5. The normalized spacial score (nSPS) is 13.4. The van der Waals surface area contributed by atoms with Crippen LogP contribution >= 0.6 is 22.9 Å². The van der Waals surface area contributed by atoms with Crippen LogP contribution in [0.4, 0.5) is 11.5 Å². The van der Waals surface area contributed by atoms with Crippen LogP contribution in [-0.2, 0) is 4.74 Å². The van der Waals surface area contributed by atoms with Crippen molar-refractivity contribution in [2.45, 2.75) is 0 Å². The minimum Gasteiger partial charge on any atom is -0.456 e. The van der Waals surface area contributed by atoms with E-state index in [1.807, 2.05) is 89.8 Å². The first kappa shape index (κ1) is 26.3. The van der Waals surface area contributed by atoms with Gasteiger partial charge in [0.15, 0.2) is 5.82 Å². The molecule has 42 heavy (non-hydrogen) atoms. The van der Waals surface area contributed by atoms with Crippen LogP contribution in [0, 0.1) is 0 Å². The number of carbonyl (C=O) groups excluding carboxylic acids is 1. The van der Waals surface area contributed by atoms with Gasteiger partial charge in [-0.1, -0.05) is 48.0 Å². The number of carbonyl (C=O) groups is 1. The van der Waals surface area contributed by atoms with Gasteiger partial charge in [0.2, 0.25) is 0 Å². The summed E-state index contributed by atoms with van der Waals surface area (Å²) < 4.78 is 12.4. The molecule has 3 aromatic carbocycles. The predicted molar refractivity (Wildman–Crippen MR) is 166 cm³/mol. The number of hydrogen-bond acceptors (Lipinski definition) is 8. The number of rotatable bonds is 6. The summed E-state index contributed by atoms with van der Waals surface area (Å²) in [6, 6.07) is 26.9. The molecule has 0 saturated carbocycles. The third-order valence-corrected chi connectivity index (χ3v) is 8.41. The number of hydrogen-bond donors (Lipinski definition) is 1. The summed E-state index contributed by atoms with van der Waals surface area (Å²) in [4.78, 5) is 19.9. The minimum atomic E-state index is -0.000464. The Morgan fingerprint density at radius 1 is 0.929 bits per heavy atom. The van der Waals surface area contributed by atoms with E-state index in [2.05, 4.69) is 20.5 Å². The smallest absolute Gasteiger partial charge is 0.264 e. The van der Waals surface area contributed by atoms with Gasteiger partial charge in [0.1, 0.15) is 17.2 Å². The van der Waals surface area contributed by atoms with Gasteiger partial charge in [0.25, 0.3) is 5.91 Å². The van der Waals surface area contributed by atoms with Crippen molar-refractivity contribution in [2.24, 2.45) is 0 Å². The Bertz CT molecular complexity index is 1900.